The van der Waals surface area contributed by atoms with Crippen molar-refractivity contribution in [1.82, 2.24) is 4.90 Å². The Morgan fingerprint density at radius 3 is 2.37 bits per heavy atom. The number of hydrogen-bond donors (Lipinski definition) is 1. The maximum Gasteiger partial charge on any atom is 0.418 e. The number of Topliss-reactive ketones (excluding diaryl/α,β-unsaturated/α-hetero) is 1. The largest absolute Gasteiger partial charge is 0.418 e. The first-order valence-electron chi connectivity index (χ1n) is 9.33. The zero-order valence-corrected chi connectivity index (χ0v) is 16.8. The minimum atomic E-state index is -4.57. The molecular weight excluding hydrogens is 377 g/mol. The predicted octanol–water partition coefficient (Wildman–Crippen LogP) is 5.20. The van der Waals surface area contributed by atoms with E-state index in [1.54, 1.807) is 6.92 Å². The summed E-state index contributed by atoms with van der Waals surface area (Å²) in [6.45, 7) is 1.77. The van der Waals surface area contributed by atoms with Gasteiger partial charge in [0, 0.05) is 18.4 Å². The Hall–Kier alpha value is -1.27. The third-order valence-electron chi connectivity index (χ3n) is 5.62. The maximum atomic E-state index is 13.1. The average molecular weight is 405 g/mol. The molecule has 0 heterocycles. The quantitative estimate of drug-likeness (QED) is 0.663. The van der Waals surface area contributed by atoms with Crippen LogP contribution in [-0.4, -0.2) is 30.8 Å². The number of halogens is 4. The third kappa shape index (κ3) is 5.85. The Morgan fingerprint density at radius 1 is 1.26 bits per heavy atom. The van der Waals surface area contributed by atoms with Gasteiger partial charge in [-0.15, -0.1) is 0 Å². The molecule has 0 radical (unpaired) electrons. The van der Waals surface area contributed by atoms with Crippen molar-refractivity contribution < 1.29 is 18.0 Å². The second-order valence-corrected chi connectivity index (χ2v) is 8.36. The predicted molar refractivity (Wildman–Crippen MR) is 103 cm³/mol. The molecule has 7 heteroatoms. The van der Waals surface area contributed by atoms with Gasteiger partial charge in [0.15, 0.2) is 0 Å². The van der Waals surface area contributed by atoms with E-state index in [2.05, 4.69) is 19.0 Å². The van der Waals surface area contributed by atoms with Gasteiger partial charge >= 0.3 is 6.18 Å². The number of carbonyl (C=O) groups is 1. The standard InChI is InChI=1S/C20H28ClF3N2O/c1-12(18(27)11-13-4-6-15(7-5-13)26(2)3)8-14-9-16(20(22,23)24)19(25)17(21)10-14/h9-10,12-13,15H,4-8,11,25H2,1-3H3/t12-,13?,15?/m1/s1. The highest BCUT2D eigenvalue weighted by Gasteiger charge is 2.34. The number of alkyl halides is 3. The van der Waals surface area contributed by atoms with Crippen molar-refractivity contribution in [3.8, 4) is 0 Å². The van der Waals surface area contributed by atoms with E-state index in [1.807, 2.05) is 0 Å². The molecule has 27 heavy (non-hydrogen) atoms. The number of carbonyl (C=O) groups excluding carboxylic acids is 1. The van der Waals surface area contributed by atoms with Gasteiger partial charge in [0.1, 0.15) is 5.78 Å². The second kappa shape index (κ2) is 8.82. The normalized spacial score (nSPS) is 22.1. The van der Waals surface area contributed by atoms with Crippen LogP contribution in [0.1, 0.15) is 50.2 Å². The molecule has 1 aromatic carbocycles. The molecule has 0 aromatic heterocycles. The molecule has 1 aliphatic carbocycles. The SMILES string of the molecule is C[C@H](Cc1cc(Cl)c(N)c(C(F)(F)F)c1)C(=O)CC1CCC(N(C)C)CC1. The van der Waals surface area contributed by atoms with Crippen molar-refractivity contribution in [2.24, 2.45) is 11.8 Å². The molecule has 0 amide bonds. The van der Waals surface area contributed by atoms with Gasteiger partial charge in [0.05, 0.1) is 16.3 Å². The summed E-state index contributed by atoms with van der Waals surface area (Å²) in [5, 5.41) is -0.124. The molecule has 0 saturated heterocycles. The third-order valence-corrected chi connectivity index (χ3v) is 5.94. The summed E-state index contributed by atoms with van der Waals surface area (Å²) in [5.41, 5.74) is 4.44. The fourth-order valence-electron chi connectivity index (χ4n) is 3.84. The maximum absolute atomic E-state index is 13.1. The van der Waals surface area contributed by atoms with Crippen LogP contribution in [0, 0.1) is 11.8 Å². The molecule has 2 N–H and O–H groups in total. The Labute approximate surface area is 164 Å². The van der Waals surface area contributed by atoms with Gasteiger partial charge in [-0.2, -0.15) is 13.2 Å². The van der Waals surface area contributed by atoms with E-state index in [-0.39, 0.29) is 23.1 Å². The highest BCUT2D eigenvalue weighted by atomic mass is 35.5. The van der Waals surface area contributed by atoms with E-state index in [4.69, 9.17) is 17.3 Å². The smallest absolute Gasteiger partial charge is 0.397 e. The van der Waals surface area contributed by atoms with Crippen molar-refractivity contribution in [2.75, 3.05) is 19.8 Å². The lowest BCUT2D eigenvalue weighted by Gasteiger charge is -2.32. The minimum Gasteiger partial charge on any atom is -0.397 e. The summed E-state index contributed by atoms with van der Waals surface area (Å²) >= 11 is 5.87. The molecular formula is C20H28ClF3N2O. The van der Waals surface area contributed by atoms with Crippen LogP contribution >= 0.6 is 11.6 Å². The molecule has 2 rings (SSSR count). The van der Waals surface area contributed by atoms with Gasteiger partial charge in [-0.1, -0.05) is 18.5 Å². The van der Waals surface area contributed by atoms with Crippen LogP contribution in [0.15, 0.2) is 12.1 Å². The fraction of sp³-hybridized carbons (Fsp3) is 0.650. The van der Waals surface area contributed by atoms with Gasteiger partial charge in [-0.25, -0.2) is 0 Å². The Kier molecular flexibility index (Phi) is 7.20. The molecule has 1 aromatic rings. The van der Waals surface area contributed by atoms with Crippen molar-refractivity contribution >= 4 is 23.1 Å². The van der Waals surface area contributed by atoms with Gasteiger partial charge in [-0.3, -0.25) is 4.79 Å². The van der Waals surface area contributed by atoms with Crippen LogP contribution in [0.3, 0.4) is 0 Å². The Morgan fingerprint density at radius 2 is 1.85 bits per heavy atom. The molecule has 0 unspecified atom stereocenters. The summed E-state index contributed by atoms with van der Waals surface area (Å²) < 4.78 is 39.3. The lowest BCUT2D eigenvalue weighted by atomic mass is 9.80. The van der Waals surface area contributed by atoms with Gasteiger partial charge < -0.3 is 10.6 Å². The van der Waals surface area contributed by atoms with Crippen LogP contribution in [0.5, 0.6) is 0 Å². The monoisotopic (exact) mass is 404 g/mol. The minimum absolute atomic E-state index is 0.102. The fourth-order valence-corrected chi connectivity index (χ4v) is 4.09. The number of nitrogen functional groups attached to an aromatic ring is 1. The first kappa shape index (κ1) is 22.0. The van der Waals surface area contributed by atoms with Crippen LogP contribution in [0.4, 0.5) is 18.9 Å². The second-order valence-electron chi connectivity index (χ2n) is 7.95. The van der Waals surface area contributed by atoms with Crippen LogP contribution in [0.25, 0.3) is 0 Å². The van der Waals surface area contributed by atoms with Crippen molar-refractivity contribution in [1.29, 1.82) is 0 Å². The lowest BCUT2D eigenvalue weighted by molar-refractivity contribution is -0.137. The molecule has 0 spiro atoms. The summed E-state index contributed by atoms with van der Waals surface area (Å²) in [4.78, 5) is 14.8. The van der Waals surface area contributed by atoms with Crippen LogP contribution in [0.2, 0.25) is 5.02 Å². The zero-order valence-electron chi connectivity index (χ0n) is 16.1. The number of anilines is 1. The number of hydrogen-bond acceptors (Lipinski definition) is 3. The zero-order chi connectivity index (χ0) is 20.4. The Balaban J connectivity index is 1.98. The summed E-state index contributed by atoms with van der Waals surface area (Å²) in [7, 11) is 4.15. The highest BCUT2D eigenvalue weighted by Crippen LogP contribution is 2.38. The van der Waals surface area contributed by atoms with E-state index in [0.717, 1.165) is 31.7 Å². The molecule has 1 saturated carbocycles. The van der Waals surface area contributed by atoms with Gasteiger partial charge in [0.2, 0.25) is 0 Å². The van der Waals surface area contributed by atoms with Crippen molar-refractivity contribution in [2.45, 2.75) is 57.7 Å². The molecule has 1 atom stereocenters. The molecule has 1 aliphatic rings. The van der Waals surface area contributed by atoms with Crippen molar-refractivity contribution in [3.05, 3.63) is 28.3 Å². The average Bonchev–Trinajstić information content (AvgIpc) is 2.57. The molecule has 1 fully saturated rings. The molecule has 152 valence electrons. The van der Waals surface area contributed by atoms with E-state index < -0.39 is 17.4 Å². The number of nitrogens with two attached hydrogens (primary N) is 1. The number of rotatable bonds is 6. The first-order chi connectivity index (χ1) is 12.5. The van der Waals surface area contributed by atoms with Crippen LogP contribution in [-0.2, 0) is 17.4 Å². The van der Waals surface area contributed by atoms with E-state index >= 15 is 0 Å². The highest BCUT2D eigenvalue weighted by molar-refractivity contribution is 6.33. The van der Waals surface area contributed by atoms with E-state index in [9.17, 15) is 18.0 Å². The van der Waals surface area contributed by atoms with Gasteiger partial charge in [-0.05, 0) is 69.8 Å². The number of benzene rings is 1. The Bertz CT molecular complexity index is 668. The number of nitrogens with zero attached hydrogens (tertiary/aromatic N) is 1. The van der Waals surface area contributed by atoms with E-state index in [1.165, 1.54) is 6.07 Å². The van der Waals surface area contributed by atoms with Crippen LogP contribution < -0.4 is 5.73 Å². The summed E-state index contributed by atoms with van der Waals surface area (Å²) in [6.07, 6.45) is 0.372. The first-order valence-corrected chi connectivity index (χ1v) is 9.71. The molecule has 3 nitrogen and oxygen atoms in total. The summed E-state index contributed by atoms with van der Waals surface area (Å²) in [6, 6.07) is 3.01. The van der Waals surface area contributed by atoms with Crippen molar-refractivity contribution in [3.63, 3.8) is 0 Å². The van der Waals surface area contributed by atoms with Gasteiger partial charge in [0.25, 0.3) is 0 Å². The molecule has 0 aliphatic heterocycles. The summed E-state index contributed by atoms with van der Waals surface area (Å²) in [5.74, 6) is 0.124. The molecule has 0 bridgehead atoms. The van der Waals surface area contributed by atoms with E-state index in [0.29, 0.717) is 23.9 Å². The topological polar surface area (TPSA) is 46.3 Å². The lowest BCUT2D eigenvalue weighted by Crippen LogP contribution is -2.33. The number of ketones is 1.